The van der Waals surface area contributed by atoms with Gasteiger partial charge in [0.25, 0.3) is 0 Å². The lowest BCUT2D eigenvalue weighted by Gasteiger charge is -2.21. The van der Waals surface area contributed by atoms with E-state index >= 15 is 0 Å². The Labute approximate surface area is 98.9 Å². The minimum atomic E-state index is 0.156. The summed E-state index contributed by atoms with van der Waals surface area (Å²) in [5.74, 6) is 0.658. The summed E-state index contributed by atoms with van der Waals surface area (Å²) in [6.45, 7) is 7.18. The van der Waals surface area contributed by atoms with E-state index in [9.17, 15) is 4.79 Å². The van der Waals surface area contributed by atoms with Crippen LogP contribution in [0.2, 0.25) is 0 Å². The molecule has 0 aromatic carbocycles. The molecule has 0 saturated carbocycles. The van der Waals surface area contributed by atoms with Crippen molar-refractivity contribution in [3.05, 3.63) is 0 Å². The molecule has 1 N–H and O–H groups in total. The summed E-state index contributed by atoms with van der Waals surface area (Å²) in [6.07, 6.45) is 5.34. The van der Waals surface area contributed by atoms with Gasteiger partial charge in [0.1, 0.15) is 0 Å². The van der Waals surface area contributed by atoms with Crippen molar-refractivity contribution in [3.63, 3.8) is 0 Å². The van der Waals surface area contributed by atoms with Crippen molar-refractivity contribution in [1.29, 1.82) is 0 Å². The summed E-state index contributed by atoms with van der Waals surface area (Å²) in [4.78, 5) is 11.7. The Morgan fingerprint density at radius 1 is 1.50 bits per heavy atom. The molecule has 1 amide bonds. The Balaban J connectivity index is 2.22. The Bertz CT molecular complexity index is 212. The molecule has 0 bridgehead atoms. The van der Waals surface area contributed by atoms with Crippen molar-refractivity contribution in [2.24, 2.45) is 5.92 Å². The third-order valence-electron chi connectivity index (χ3n) is 3.23. The molecule has 0 aromatic heterocycles. The van der Waals surface area contributed by atoms with Gasteiger partial charge < -0.3 is 10.1 Å². The zero-order chi connectivity index (χ0) is 12.0. The fourth-order valence-corrected chi connectivity index (χ4v) is 2.31. The highest BCUT2D eigenvalue weighted by Crippen LogP contribution is 2.16. The van der Waals surface area contributed by atoms with Crippen LogP contribution in [0, 0.1) is 5.92 Å². The normalized spacial score (nSPS) is 24.1. The summed E-state index contributed by atoms with van der Waals surface area (Å²) in [6, 6.07) is 0.156. The molecule has 1 aliphatic rings. The van der Waals surface area contributed by atoms with Crippen LogP contribution in [0.4, 0.5) is 0 Å². The van der Waals surface area contributed by atoms with E-state index in [-0.39, 0.29) is 18.1 Å². The van der Waals surface area contributed by atoms with E-state index in [4.69, 9.17) is 4.74 Å². The van der Waals surface area contributed by atoms with Crippen molar-refractivity contribution >= 4 is 5.91 Å². The molecule has 1 rings (SSSR count). The topological polar surface area (TPSA) is 38.3 Å². The number of nitrogens with one attached hydrogen (secondary N) is 1. The van der Waals surface area contributed by atoms with E-state index < -0.39 is 0 Å². The average Bonchev–Trinajstić information content (AvgIpc) is 2.69. The molecule has 3 nitrogen and oxygen atoms in total. The zero-order valence-corrected chi connectivity index (χ0v) is 10.8. The Hall–Kier alpha value is -0.570. The van der Waals surface area contributed by atoms with Gasteiger partial charge in [0, 0.05) is 13.0 Å². The molecular weight excluding hydrogens is 202 g/mol. The number of hydrogen-bond acceptors (Lipinski definition) is 2. The number of rotatable bonds is 6. The van der Waals surface area contributed by atoms with E-state index in [0.29, 0.717) is 12.3 Å². The van der Waals surface area contributed by atoms with Crippen molar-refractivity contribution in [3.8, 4) is 0 Å². The Kier molecular flexibility index (Phi) is 5.81. The first-order valence-corrected chi connectivity index (χ1v) is 6.54. The second-order valence-corrected chi connectivity index (χ2v) is 5.01. The van der Waals surface area contributed by atoms with E-state index in [1.54, 1.807) is 0 Å². The Morgan fingerprint density at radius 3 is 2.81 bits per heavy atom. The third-order valence-corrected chi connectivity index (χ3v) is 3.23. The first kappa shape index (κ1) is 13.5. The monoisotopic (exact) mass is 227 g/mol. The fraction of sp³-hybridized carbons (Fsp3) is 0.923. The van der Waals surface area contributed by atoms with Crippen LogP contribution in [0.1, 0.15) is 52.9 Å². The molecule has 1 fully saturated rings. The van der Waals surface area contributed by atoms with Crippen LogP contribution >= 0.6 is 0 Å². The van der Waals surface area contributed by atoms with Gasteiger partial charge in [-0.1, -0.05) is 26.7 Å². The van der Waals surface area contributed by atoms with E-state index in [1.807, 2.05) is 6.92 Å². The average molecular weight is 227 g/mol. The summed E-state index contributed by atoms with van der Waals surface area (Å²) in [5, 5.41) is 3.05. The first-order chi connectivity index (χ1) is 7.63. The van der Waals surface area contributed by atoms with Crippen LogP contribution in [0.25, 0.3) is 0 Å². The molecule has 0 aromatic rings. The van der Waals surface area contributed by atoms with Gasteiger partial charge >= 0.3 is 0 Å². The van der Waals surface area contributed by atoms with Crippen LogP contribution in [0.15, 0.2) is 0 Å². The quantitative estimate of drug-likeness (QED) is 0.757. The highest BCUT2D eigenvalue weighted by molar-refractivity contribution is 5.76. The highest BCUT2D eigenvalue weighted by Gasteiger charge is 2.23. The Morgan fingerprint density at radius 2 is 2.25 bits per heavy atom. The van der Waals surface area contributed by atoms with Crippen LogP contribution in [0.5, 0.6) is 0 Å². The number of carbonyl (C=O) groups excluding carboxylic acids is 1. The van der Waals surface area contributed by atoms with Crippen LogP contribution in [-0.4, -0.2) is 24.7 Å². The summed E-state index contributed by atoms with van der Waals surface area (Å²) in [5.41, 5.74) is 0. The molecule has 16 heavy (non-hydrogen) atoms. The van der Waals surface area contributed by atoms with Gasteiger partial charge in [-0.25, -0.2) is 0 Å². The fourth-order valence-electron chi connectivity index (χ4n) is 2.31. The third kappa shape index (κ3) is 4.52. The van der Waals surface area contributed by atoms with Gasteiger partial charge in [0.05, 0.1) is 12.1 Å². The second kappa shape index (κ2) is 6.89. The standard InChI is InChI=1S/C13H25NO2/c1-4-6-10(2)9-13(15)14-11(3)12-7-5-8-16-12/h10-12H,4-9H2,1-3H3,(H,14,15)/t10-,11+,12-/m0/s1. The largest absolute Gasteiger partial charge is 0.376 e. The molecular formula is C13H25NO2. The molecule has 0 unspecified atom stereocenters. The molecule has 0 aliphatic carbocycles. The molecule has 3 atom stereocenters. The summed E-state index contributed by atoms with van der Waals surface area (Å²) < 4.78 is 5.55. The number of amides is 1. The zero-order valence-electron chi connectivity index (χ0n) is 10.8. The molecule has 1 aliphatic heterocycles. The van der Waals surface area contributed by atoms with Gasteiger partial charge in [-0.15, -0.1) is 0 Å². The summed E-state index contributed by atoms with van der Waals surface area (Å²) >= 11 is 0. The van der Waals surface area contributed by atoms with E-state index in [1.165, 1.54) is 0 Å². The maximum Gasteiger partial charge on any atom is 0.220 e. The lowest BCUT2D eigenvalue weighted by atomic mass is 10.0. The predicted molar refractivity (Wildman–Crippen MR) is 65.3 cm³/mol. The van der Waals surface area contributed by atoms with Gasteiger partial charge in [0.15, 0.2) is 0 Å². The lowest BCUT2D eigenvalue weighted by Crippen LogP contribution is -2.41. The second-order valence-electron chi connectivity index (χ2n) is 5.01. The van der Waals surface area contributed by atoms with Crippen LogP contribution < -0.4 is 5.32 Å². The molecule has 0 spiro atoms. The lowest BCUT2D eigenvalue weighted by molar-refractivity contribution is -0.123. The van der Waals surface area contributed by atoms with E-state index in [0.717, 1.165) is 32.3 Å². The molecule has 1 heterocycles. The number of hydrogen-bond donors (Lipinski definition) is 1. The molecule has 0 radical (unpaired) electrons. The van der Waals surface area contributed by atoms with Crippen molar-refractivity contribution in [2.75, 3.05) is 6.61 Å². The van der Waals surface area contributed by atoms with Crippen molar-refractivity contribution in [1.82, 2.24) is 5.32 Å². The van der Waals surface area contributed by atoms with Gasteiger partial charge in [-0.2, -0.15) is 0 Å². The number of ether oxygens (including phenoxy) is 1. The van der Waals surface area contributed by atoms with Crippen molar-refractivity contribution in [2.45, 2.75) is 65.0 Å². The van der Waals surface area contributed by atoms with Gasteiger partial charge in [-0.3, -0.25) is 4.79 Å². The SMILES string of the molecule is CCC[C@H](C)CC(=O)N[C@H](C)[C@@H]1CCCO1. The van der Waals surface area contributed by atoms with E-state index in [2.05, 4.69) is 19.2 Å². The maximum absolute atomic E-state index is 11.7. The van der Waals surface area contributed by atoms with Crippen molar-refractivity contribution < 1.29 is 9.53 Å². The molecule has 3 heteroatoms. The number of carbonyl (C=O) groups is 1. The van der Waals surface area contributed by atoms with Crippen LogP contribution in [0.3, 0.4) is 0 Å². The molecule has 1 saturated heterocycles. The minimum absolute atomic E-state index is 0.156. The smallest absolute Gasteiger partial charge is 0.220 e. The minimum Gasteiger partial charge on any atom is -0.376 e. The molecule has 94 valence electrons. The first-order valence-electron chi connectivity index (χ1n) is 6.54. The highest BCUT2D eigenvalue weighted by atomic mass is 16.5. The summed E-state index contributed by atoms with van der Waals surface area (Å²) in [7, 11) is 0. The van der Waals surface area contributed by atoms with Gasteiger partial charge in [-0.05, 0) is 25.7 Å². The van der Waals surface area contributed by atoms with Gasteiger partial charge in [0.2, 0.25) is 5.91 Å². The maximum atomic E-state index is 11.7. The van der Waals surface area contributed by atoms with Crippen LogP contribution in [-0.2, 0) is 9.53 Å². The predicted octanol–water partition coefficient (Wildman–Crippen LogP) is 2.50.